The van der Waals surface area contributed by atoms with Crippen molar-refractivity contribution in [3.05, 3.63) is 71.8 Å². The molecule has 0 heterocycles. The highest BCUT2D eigenvalue weighted by atomic mass is 16.6. The maximum atomic E-state index is 12.9. The molecule has 1 atom stereocenters. The average Bonchev–Trinajstić information content (AvgIpc) is 3.10. The molecule has 0 aromatic heterocycles. The zero-order chi connectivity index (χ0) is 36.2. The number of unbranched alkanes of at least 4 members (excludes halogenated alkanes) is 4. The second-order valence-electron chi connectivity index (χ2n) is 11.9. The Labute approximate surface area is 295 Å². The fourth-order valence-electron chi connectivity index (χ4n) is 4.87. The van der Waals surface area contributed by atoms with Crippen LogP contribution in [0.1, 0.15) is 75.3 Å². The third-order valence-corrected chi connectivity index (χ3v) is 7.60. The standard InChI is InChI=1S/C36H55N7O7/c37-34(38)41-21-10-2-1-9-18-31(44)26-33(46)40-23-19-32(45)39-20-11-12-24-43(36(48)50-28-30-16-7-4-8-17-30)25-13-22-42-35(47)49-27-29-14-5-3-6-15-29/h3-8,14-17,31,44H,1-2,9-13,18-28H2,(H,39,45)(H,40,46)(H,42,47)(H4,37,38,41). The number of benzene rings is 2. The fraction of sp³-hybridized carbons (Fsp3) is 0.528. The average molecular weight is 698 g/mol. The molecule has 2 aromatic rings. The van der Waals surface area contributed by atoms with Crippen LogP contribution >= 0.6 is 0 Å². The minimum Gasteiger partial charge on any atom is -0.445 e. The molecule has 4 amide bonds. The van der Waals surface area contributed by atoms with E-state index in [-0.39, 0.29) is 50.4 Å². The van der Waals surface area contributed by atoms with E-state index < -0.39 is 18.3 Å². The number of carbonyl (C=O) groups excluding carboxylic acids is 4. The molecule has 2 rings (SSSR count). The van der Waals surface area contributed by atoms with Crippen LogP contribution in [0.3, 0.4) is 0 Å². The molecule has 1 unspecified atom stereocenters. The van der Waals surface area contributed by atoms with Gasteiger partial charge in [-0.3, -0.25) is 15.0 Å². The highest BCUT2D eigenvalue weighted by Crippen LogP contribution is 2.09. The van der Waals surface area contributed by atoms with Crippen LogP contribution in [-0.2, 0) is 32.3 Å². The van der Waals surface area contributed by atoms with Crippen LogP contribution in [0.25, 0.3) is 0 Å². The van der Waals surface area contributed by atoms with Crippen molar-refractivity contribution in [1.29, 1.82) is 5.41 Å². The zero-order valence-electron chi connectivity index (χ0n) is 29.0. The van der Waals surface area contributed by atoms with Gasteiger partial charge >= 0.3 is 12.2 Å². The lowest BCUT2D eigenvalue weighted by Gasteiger charge is -2.22. The minimum atomic E-state index is -0.730. The third-order valence-electron chi connectivity index (χ3n) is 7.60. The van der Waals surface area contributed by atoms with Crippen molar-refractivity contribution in [3.63, 3.8) is 0 Å². The normalized spacial score (nSPS) is 11.1. The molecule has 0 saturated carbocycles. The summed E-state index contributed by atoms with van der Waals surface area (Å²) in [6.07, 6.45) is 4.22. The Kier molecular flexibility index (Phi) is 21.5. The highest BCUT2D eigenvalue weighted by molar-refractivity contribution is 5.79. The molecule has 0 saturated heterocycles. The van der Waals surface area contributed by atoms with E-state index in [1.807, 2.05) is 60.7 Å². The second kappa shape index (κ2) is 26.1. The maximum Gasteiger partial charge on any atom is 0.410 e. The van der Waals surface area contributed by atoms with Gasteiger partial charge in [0, 0.05) is 45.7 Å². The smallest absolute Gasteiger partial charge is 0.410 e. The van der Waals surface area contributed by atoms with E-state index >= 15 is 0 Å². The van der Waals surface area contributed by atoms with Gasteiger partial charge in [0.05, 0.1) is 12.5 Å². The van der Waals surface area contributed by atoms with Gasteiger partial charge in [0.2, 0.25) is 11.8 Å². The van der Waals surface area contributed by atoms with Gasteiger partial charge in [-0.1, -0.05) is 79.9 Å². The van der Waals surface area contributed by atoms with Crippen molar-refractivity contribution in [2.45, 2.75) is 83.5 Å². The van der Waals surface area contributed by atoms with Crippen molar-refractivity contribution in [2.24, 2.45) is 5.73 Å². The van der Waals surface area contributed by atoms with Gasteiger partial charge in [-0.2, -0.15) is 0 Å². The zero-order valence-corrected chi connectivity index (χ0v) is 29.0. The Hall–Kier alpha value is -4.85. The van der Waals surface area contributed by atoms with Gasteiger partial charge in [0.1, 0.15) is 13.2 Å². The lowest BCUT2D eigenvalue weighted by molar-refractivity contribution is -0.123. The number of nitrogens with zero attached hydrogens (tertiary/aromatic N) is 1. The van der Waals surface area contributed by atoms with Crippen molar-refractivity contribution in [1.82, 2.24) is 26.2 Å². The third kappa shape index (κ3) is 21.2. The molecule has 0 radical (unpaired) electrons. The number of guanidine groups is 1. The molecule has 0 fully saturated rings. The number of rotatable bonds is 25. The summed E-state index contributed by atoms with van der Waals surface area (Å²) < 4.78 is 10.8. The number of nitrogens with one attached hydrogen (secondary N) is 5. The van der Waals surface area contributed by atoms with Crippen molar-refractivity contribution < 1.29 is 33.8 Å². The molecule has 0 spiro atoms. The predicted molar refractivity (Wildman–Crippen MR) is 191 cm³/mol. The molecule has 0 aliphatic rings. The first-order chi connectivity index (χ1) is 24.2. The van der Waals surface area contributed by atoms with Crippen LogP contribution in [0.15, 0.2) is 60.7 Å². The van der Waals surface area contributed by atoms with Crippen molar-refractivity contribution in [3.8, 4) is 0 Å². The number of hydrogen-bond acceptors (Lipinski definition) is 8. The lowest BCUT2D eigenvalue weighted by Crippen LogP contribution is -2.36. The van der Waals surface area contributed by atoms with Crippen LogP contribution in [0.4, 0.5) is 9.59 Å². The number of carbonyl (C=O) groups is 4. The number of ether oxygens (including phenoxy) is 2. The summed E-state index contributed by atoms with van der Waals surface area (Å²) in [6, 6.07) is 18.8. The molecule has 0 aliphatic carbocycles. The predicted octanol–water partition coefficient (Wildman–Crippen LogP) is 3.53. The molecule has 50 heavy (non-hydrogen) atoms. The van der Waals surface area contributed by atoms with Crippen LogP contribution in [0.5, 0.6) is 0 Å². The molecule has 14 nitrogen and oxygen atoms in total. The Morgan fingerprint density at radius 3 is 1.92 bits per heavy atom. The topological polar surface area (TPSA) is 208 Å². The van der Waals surface area contributed by atoms with Gasteiger partial charge in [-0.15, -0.1) is 0 Å². The van der Waals surface area contributed by atoms with E-state index in [9.17, 15) is 24.3 Å². The van der Waals surface area contributed by atoms with Gasteiger partial charge in [0.15, 0.2) is 5.96 Å². The van der Waals surface area contributed by atoms with Crippen LogP contribution < -0.4 is 27.0 Å². The molecule has 276 valence electrons. The number of alkyl carbamates (subject to hydrolysis) is 1. The maximum absolute atomic E-state index is 12.9. The molecule has 0 aliphatic heterocycles. The number of nitrogens with two attached hydrogens (primary N) is 1. The molecule has 0 bridgehead atoms. The minimum absolute atomic E-state index is 0.00774. The van der Waals surface area contributed by atoms with E-state index in [0.29, 0.717) is 58.4 Å². The largest absolute Gasteiger partial charge is 0.445 e. The summed E-state index contributed by atoms with van der Waals surface area (Å²) in [5, 5.41) is 28.2. The van der Waals surface area contributed by atoms with Crippen molar-refractivity contribution >= 4 is 30.0 Å². The summed E-state index contributed by atoms with van der Waals surface area (Å²) >= 11 is 0. The summed E-state index contributed by atoms with van der Waals surface area (Å²) in [7, 11) is 0. The molecular formula is C36H55N7O7. The van der Waals surface area contributed by atoms with Crippen LogP contribution in [-0.4, -0.2) is 85.3 Å². The fourth-order valence-corrected chi connectivity index (χ4v) is 4.87. The first-order valence-electron chi connectivity index (χ1n) is 17.4. The molecule has 14 heteroatoms. The van der Waals surface area contributed by atoms with Gasteiger partial charge in [-0.05, 0) is 43.2 Å². The summed E-state index contributed by atoms with van der Waals surface area (Å²) in [4.78, 5) is 50.9. The monoisotopic (exact) mass is 697 g/mol. The van der Waals surface area contributed by atoms with E-state index in [0.717, 1.165) is 36.8 Å². The number of aliphatic hydroxyl groups is 1. The van der Waals surface area contributed by atoms with Crippen LogP contribution in [0, 0.1) is 5.41 Å². The Morgan fingerprint density at radius 2 is 1.24 bits per heavy atom. The van der Waals surface area contributed by atoms with Crippen LogP contribution in [0.2, 0.25) is 0 Å². The Bertz CT molecular complexity index is 1270. The number of amides is 4. The van der Waals surface area contributed by atoms with E-state index in [1.54, 1.807) is 4.90 Å². The summed E-state index contributed by atoms with van der Waals surface area (Å²) in [6.45, 7) is 2.66. The van der Waals surface area contributed by atoms with Gasteiger partial charge < -0.3 is 46.5 Å². The van der Waals surface area contributed by atoms with Gasteiger partial charge in [-0.25, -0.2) is 9.59 Å². The molecule has 2 aromatic carbocycles. The van der Waals surface area contributed by atoms with Crippen molar-refractivity contribution in [2.75, 3.05) is 39.3 Å². The SMILES string of the molecule is N=C(N)NCCCCCCC(O)CC(=O)NCCC(=O)NCCCCN(CCCNC(=O)OCc1ccccc1)C(=O)OCc1ccccc1. The highest BCUT2D eigenvalue weighted by Gasteiger charge is 2.16. The molecule has 8 N–H and O–H groups in total. The second-order valence-corrected chi connectivity index (χ2v) is 11.9. The van der Waals surface area contributed by atoms with Gasteiger partial charge in [0.25, 0.3) is 0 Å². The van der Waals surface area contributed by atoms with E-state index in [1.165, 1.54) is 0 Å². The summed E-state index contributed by atoms with van der Waals surface area (Å²) in [5.74, 6) is -0.537. The first kappa shape index (κ1) is 41.3. The number of hydrogen-bond donors (Lipinski definition) is 7. The Balaban J connectivity index is 1.60. The Morgan fingerprint density at radius 1 is 0.680 bits per heavy atom. The van der Waals surface area contributed by atoms with E-state index in [4.69, 9.17) is 20.6 Å². The van der Waals surface area contributed by atoms with E-state index in [2.05, 4.69) is 21.3 Å². The molecular weight excluding hydrogens is 642 g/mol. The summed E-state index contributed by atoms with van der Waals surface area (Å²) in [5.41, 5.74) is 7.00. The number of aliphatic hydroxyl groups excluding tert-OH is 1. The quantitative estimate of drug-likeness (QED) is 0.0459. The first-order valence-corrected chi connectivity index (χ1v) is 17.4. The lowest BCUT2D eigenvalue weighted by atomic mass is 10.1.